The van der Waals surface area contributed by atoms with Gasteiger partial charge in [-0.3, -0.25) is 4.79 Å². The van der Waals surface area contributed by atoms with E-state index in [2.05, 4.69) is 6.07 Å². The number of rotatable bonds is 3. The zero-order valence-electron chi connectivity index (χ0n) is 14.0. The Morgan fingerprint density at radius 2 is 2.04 bits per heavy atom. The highest BCUT2D eigenvalue weighted by Gasteiger charge is 2.22. The number of para-hydroxylation sites is 1. The van der Waals surface area contributed by atoms with Crippen molar-refractivity contribution in [1.29, 1.82) is 0 Å². The molecule has 1 amide bonds. The fourth-order valence-corrected chi connectivity index (χ4v) is 3.21. The summed E-state index contributed by atoms with van der Waals surface area (Å²) in [5, 5.41) is 0. The van der Waals surface area contributed by atoms with E-state index in [0.717, 1.165) is 17.7 Å². The monoisotopic (exact) mass is 337 g/mol. The molecular formula is C20H19NO4. The molecule has 5 nitrogen and oxygen atoms in total. The Morgan fingerprint density at radius 3 is 2.92 bits per heavy atom. The van der Waals surface area contributed by atoms with Crippen LogP contribution in [0.4, 0.5) is 5.69 Å². The van der Waals surface area contributed by atoms with Gasteiger partial charge in [-0.05, 0) is 41.8 Å². The van der Waals surface area contributed by atoms with Crippen molar-refractivity contribution in [2.45, 2.75) is 6.42 Å². The topological polar surface area (TPSA) is 48.0 Å². The molecule has 0 radical (unpaired) electrons. The summed E-state index contributed by atoms with van der Waals surface area (Å²) in [5.41, 5.74) is 3.05. The summed E-state index contributed by atoms with van der Waals surface area (Å²) in [6, 6.07) is 11.7. The number of methoxy groups -OCH3 is 1. The summed E-state index contributed by atoms with van der Waals surface area (Å²) >= 11 is 0. The molecule has 128 valence electrons. The maximum absolute atomic E-state index is 12.6. The number of carbonyl (C=O) groups is 1. The van der Waals surface area contributed by atoms with Crippen LogP contribution in [0.5, 0.6) is 17.2 Å². The van der Waals surface area contributed by atoms with Gasteiger partial charge in [-0.25, -0.2) is 0 Å². The second kappa shape index (κ2) is 6.51. The highest BCUT2D eigenvalue weighted by molar-refractivity contribution is 6.05. The maximum atomic E-state index is 12.6. The van der Waals surface area contributed by atoms with Crippen molar-refractivity contribution in [3.8, 4) is 17.2 Å². The number of nitrogens with zero attached hydrogens (tertiary/aromatic N) is 1. The first-order valence-electron chi connectivity index (χ1n) is 8.31. The van der Waals surface area contributed by atoms with Gasteiger partial charge in [0.2, 0.25) is 5.75 Å². The van der Waals surface area contributed by atoms with Gasteiger partial charge < -0.3 is 19.1 Å². The van der Waals surface area contributed by atoms with Gasteiger partial charge in [-0.2, -0.15) is 0 Å². The van der Waals surface area contributed by atoms with Gasteiger partial charge in [-0.1, -0.05) is 18.2 Å². The van der Waals surface area contributed by atoms with E-state index >= 15 is 0 Å². The largest absolute Gasteiger partial charge is 0.493 e. The molecule has 0 atom stereocenters. The maximum Gasteiger partial charge on any atom is 0.251 e. The number of fused-ring (bicyclic) bond motifs is 2. The second-order valence-corrected chi connectivity index (χ2v) is 5.95. The van der Waals surface area contributed by atoms with Crippen LogP contribution in [0.15, 0.2) is 42.5 Å². The number of carbonyl (C=O) groups excluding carboxylic acids is 1. The van der Waals surface area contributed by atoms with Gasteiger partial charge >= 0.3 is 0 Å². The summed E-state index contributed by atoms with van der Waals surface area (Å²) in [6.45, 7) is 1.73. The van der Waals surface area contributed by atoms with E-state index in [1.165, 1.54) is 5.56 Å². The minimum atomic E-state index is -0.0289. The number of hydrogen-bond donors (Lipinski definition) is 0. The first kappa shape index (κ1) is 15.6. The Balaban J connectivity index is 1.57. The van der Waals surface area contributed by atoms with Crippen LogP contribution >= 0.6 is 0 Å². The lowest BCUT2D eigenvalue weighted by atomic mass is 10.1. The number of anilines is 1. The Hall–Kier alpha value is -2.95. The van der Waals surface area contributed by atoms with Gasteiger partial charge in [0.05, 0.1) is 7.11 Å². The molecule has 2 aliphatic heterocycles. The summed E-state index contributed by atoms with van der Waals surface area (Å²) in [5.74, 6) is 1.84. The van der Waals surface area contributed by atoms with E-state index in [1.807, 2.05) is 30.3 Å². The summed E-state index contributed by atoms with van der Waals surface area (Å²) in [6.07, 6.45) is 4.27. The first-order valence-corrected chi connectivity index (χ1v) is 8.31. The van der Waals surface area contributed by atoms with Crippen LogP contribution in [0.2, 0.25) is 0 Å². The van der Waals surface area contributed by atoms with Gasteiger partial charge in [-0.15, -0.1) is 0 Å². The molecule has 0 saturated heterocycles. The number of amides is 1. The van der Waals surface area contributed by atoms with Gasteiger partial charge in [0.15, 0.2) is 11.5 Å². The van der Waals surface area contributed by atoms with E-state index in [9.17, 15) is 4.79 Å². The molecule has 0 spiro atoms. The minimum Gasteiger partial charge on any atom is -0.493 e. The highest BCUT2D eigenvalue weighted by Crippen LogP contribution is 2.40. The Morgan fingerprint density at radius 1 is 1.20 bits per heavy atom. The van der Waals surface area contributed by atoms with E-state index < -0.39 is 0 Å². The molecule has 2 aromatic rings. The molecule has 5 heteroatoms. The zero-order valence-corrected chi connectivity index (χ0v) is 14.0. The molecule has 4 rings (SSSR count). The molecule has 0 fully saturated rings. The summed E-state index contributed by atoms with van der Waals surface area (Å²) in [4.78, 5) is 14.4. The zero-order chi connectivity index (χ0) is 17.2. The minimum absolute atomic E-state index is 0.0289. The fraction of sp³-hybridized carbons (Fsp3) is 0.250. The van der Waals surface area contributed by atoms with E-state index in [-0.39, 0.29) is 5.91 Å². The molecule has 2 heterocycles. The molecule has 2 aromatic carbocycles. The van der Waals surface area contributed by atoms with Crippen LogP contribution in [0.25, 0.3) is 6.08 Å². The lowest BCUT2D eigenvalue weighted by molar-refractivity contribution is -0.114. The molecule has 0 saturated carbocycles. The SMILES string of the molecule is COc1cc(/C=C/C(=O)N2CCc3ccccc32)cc2c1OCCO2. The average molecular weight is 337 g/mol. The number of ether oxygens (including phenoxy) is 3. The lowest BCUT2D eigenvalue weighted by Crippen LogP contribution is -2.26. The average Bonchev–Trinajstić information content (AvgIpc) is 3.09. The van der Waals surface area contributed by atoms with Crippen LogP contribution in [-0.2, 0) is 11.2 Å². The van der Waals surface area contributed by atoms with Crippen molar-refractivity contribution in [3.63, 3.8) is 0 Å². The number of benzene rings is 2. The van der Waals surface area contributed by atoms with Gasteiger partial charge in [0, 0.05) is 18.3 Å². The first-order chi connectivity index (χ1) is 12.3. The van der Waals surface area contributed by atoms with Crippen molar-refractivity contribution in [2.24, 2.45) is 0 Å². The number of hydrogen-bond acceptors (Lipinski definition) is 4. The van der Waals surface area contributed by atoms with Gasteiger partial charge in [0.25, 0.3) is 5.91 Å². The van der Waals surface area contributed by atoms with Crippen molar-refractivity contribution in [3.05, 3.63) is 53.6 Å². The molecule has 0 aliphatic carbocycles. The molecule has 0 unspecified atom stereocenters. The van der Waals surface area contributed by atoms with Crippen LogP contribution in [-0.4, -0.2) is 32.8 Å². The van der Waals surface area contributed by atoms with Gasteiger partial charge in [0.1, 0.15) is 13.2 Å². The fourth-order valence-electron chi connectivity index (χ4n) is 3.21. The third-order valence-corrected chi connectivity index (χ3v) is 4.42. The predicted molar refractivity (Wildman–Crippen MR) is 95.5 cm³/mol. The van der Waals surface area contributed by atoms with Crippen molar-refractivity contribution in [1.82, 2.24) is 0 Å². The molecule has 0 bridgehead atoms. The smallest absolute Gasteiger partial charge is 0.251 e. The molecule has 0 aromatic heterocycles. The van der Waals surface area contributed by atoms with Crippen LogP contribution in [0, 0.1) is 0 Å². The van der Waals surface area contributed by atoms with E-state index in [1.54, 1.807) is 24.2 Å². The lowest BCUT2D eigenvalue weighted by Gasteiger charge is -2.21. The van der Waals surface area contributed by atoms with Crippen LogP contribution in [0.3, 0.4) is 0 Å². The Labute approximate surface area is 146 Å². The van der Waals surface area contributed by atoms with Crippen molar-refractivity contribution >= 4 is 17.7 Å². The third-order valence-electron chi connectivity index (χ3n) is 4.42. The van der Waals surface area contributed by atoms with Crippen LogP contribution in [0.1, 0.15) is 11.1 Å². The van der Waals surface area contributed by atoms with E-state index in [4.69, 9.17) is 14.2 Å². The summed E-state index contributed by atoms with van der Waals surface area (Å²) < 4.78 is 16.6. The van der Waals surface area contributed by atoms with Crippen LogP contribution < -0.4 is 19.1 Å². The predicted octanol–water partition coefficient (Wildman–Crippen LogP) is 3.07. The third kappa shape index (κ3) is 2.93. The normalized spacial score (nSPS) is 15.3. The Bertz CT molecular complexity index is 826. The standard InChI is InChI=1S/C20H19NO4/c1-23-17-12-14(13-18-20(17)25-11-10-24-18)6-7-19(22)21-9-8-15-4-2-3-5-16(15)21/h2-7,12-13H,8-11H2,1H3/b7-6+. The second-order valence-electron chi connectivity index (χ2n) is 5.95. The molecular weight excluding hydrogens is 318 g/mol. The summed E-state index contributed by atoms with van der Waals surface area (Å²) in [7, 11) is 1.59. The molecule has 2 aliphatic rings. The Kier molecular flexibility index (Phi) is 4.06. The highest BCUT2D eigenvalue weighted by atomic mass is 16.6. The van der Waals surface area contributed by atoms with E-state index in [0.29, 0.717) is 37.0 Å². The van der Waals surface area contributed by atoms with Crippen molar-refractivity contribution in [2.75, 3.05) is 31.8 Å². The quantitative estimate of drug-likeness (QED) is 0.808. The van der Waals surface area contributed by atoms with Crippen molar-refractivity contribution < 1.29 is 19.0 Å². The molecule has 0 N–H and O–H groups in total. The molecule has 25 heavy (non-hydrogen) atoms.